The van der Waals surface area contributed by atoms with E-state index in [1.165, 1.54) is 19.2 Å². The molecule has 0 amide bonds. The largest absolute Gasteiger partial charge is 0.356 e. The summed E-state index contributed by atoms with van der Waals surface area (Å²) in [5, 5.41) is 6.80. The van der Waals surface area contributed by atoms with Gasteiger partial charge in [-0.2, -0.15) is 11.8 Å². The summed E-state index contributed by atoms with van der Waals surface area (Å²) >= 11 is 1.70. The van der Waals surface area contributed by atoms with Gasteiger partial charge in [0.2, 0.25) is 0 Å². The Balaban J connectivity index is 0.00000420. The van der Waals surface area contributed by atoms with Crippen LogP contribution >= 0.6 is 35.7 Å². The zero-order chi connectivity index (χ0) is 20.4. The Morgan fingerprint density at radius 1 is 1.17 bits per heavy atom. The second-order valence-electron chi connectivity index (χ2n) is 7.49. The first kappa shape index (κ1) is 26.5. The van der Waals surface area contributed by atoms with Gasteiger partial charge in [0.05, 0.1) is 0 Å². The summed E-state index contributed by atoms with van der Waals surface area (Å²) < 4.78 is 13.5. The number of rotatable bonds is 9. The second-order valence-corrected chi connectivity index (χ2v) is 8.36. The molecule has 0 aliphatic carbocycles. The fourth-order valence-electron chi connectivity index (χ4n) is 3.52. The maximum atomic E-state index is 13.5. The molecular formula is C21H37FIN5S. The molecule has 1 aromatic carbocycles. The zero-order valence-electron chi connectivity index (χ0n) is 18.2. The second kappa shape index (κ2) is 14.4. The van der Waals surface area contributed by atoms with E-state index in [0.29, 0.717) is 12.5 Å². The van der Waals surface area contributed by atoms with Crippen LogP contribution in [0, 0.1) is 11.7 Å². The van der Waals surface area contributed by atoms with Gasteiger partial charge in [0.25, 0.3) is 0 Å². The highest BCUT2D eigenvalue weighted by atomic mass is 127. The topological polar surface area (TPSA) is 42.9 Å². The monoisotopic (exact) mass is 537 g/mol. The number of hydrogen-bond donors (Lipinski definition) is 2. The van der Waals surface area contributed by atoms with Crippen molar-refractivity contribution in [2.45, 2.75) is 26.1 Å². The Labute approximate surface area is 197 Å². The minimum absolute atomic E-state index is 0. The summed E-state index contributed by atoms with van der Waals surface area (Å²) in [6.45, 7) is 13.0. The van der Waals surface area contributed by atoms with Gasteiger partial charge in [-0.25, -0.2) is 4.39 Å². The van der Waals surface area contributed by atoms with Crippen LogP contribution in [0.4, 0.5) is 4.39 Å². The first-order chi connectivity index (χ1) is 13.5. The van der Waals surface area contributed by atoms with Crippen molar-refractivity contribution >= 4 is 41.7 Å². The predicted octanol–water partition coefficient (Wildman–Crippen LogP) is 3.25. The van der Waals surface area contributed by atoms with Crippen molar-refractivity contribution in [3.63, 3.8) is 0 Å². The molecule has 1 saturated heterocycles. The van der Waals surface area contributed by atoms with Gasteiger partial charge in [-0.3, -0.25) is 4.99 Å². The van der Waals surface area contributed by atoms with E-state index in [-0.39, 0.29) is 29.8 Å². The number of nitrogens with one attached hydrogen (secondary N) is 2. The Bertz CT molecular complexity index is 623. The Morgan fingerprint density at radius 2 is 1.86 bits per heavy atom. The van der Waals surface area contributed by atoms with E-state index in [9.17, 15) is 4.39 Å². The number of nitrogens with zero attached hydrogens (tertiary/aromatic N) is 3. The predicted molar refractivity (Wildman–Crippen MR) is 135 cm³/mol. The molecule has 1 heterocycles. The molecule has 1 fully saturated rings. The summed E-state index contributed by atoms with van der Waals surface area (Å²) in [5.74, 6) is 1.97. The van der Waals surface area contributed by atoms with Crippen LogP contribution in [0.1, 0.15) is 25.0 Å². The Kier molecular flexibility index (Phi) is 13.2. The van der Waals surface area contributed by atoms with Crippen molar-refractivity contribution in [3.05, 3.63) is 35.1 Å². The van der Waals surface area contributed by atoms with Crippen molar-refractivity contribution < 1.29 is 4.39 Å². The summed E-state index contributed by atoms with van der Waals surface area (Å²) in [4.78, 5) is 9.39. The molecule has 0 bridgehead atoms. The van der Waals surface area contributed by atoms with E-state index in [1.807, 2.05) is 12.3 Å². The van der Waals surface area contributed by atoms with E-state index in [4.69, 9.17) is 0 Å². The minimum Gasteiger partial charge on any atom is -0.356 e. The smallest absolute Gasteiger partial charge is 0.191 e. The van der Waals surface area contributed by atoms with Gasteiger partial charge in [0.15, 0.2) is 5.96 Å². The van der Waals surface area contributed by atoms with E-state index < -0.39 is 0 Å². The van der Waals surface area contributed by atoms with Gasteiger partial charge >= 0.3 is 0 Å². The van der Waals surface area contributed by atoms with Gasteiger partial charge in [-0.15, -0.1) is 24.0 Å². The minimum atomic E-state index is -0.177. The van der Waals surface area contributed by atoms with E-state index >= 15 is 0 Å². The first-order valence-corrected chi connectivity index (χ1v) is 11.6. The number of hydrogen-bond acceptors (Lipinski definition) is 4. The van der Waals surface area contributed by atoms with E-state index in [1.54, 1.807) is 24.9 Å². The van der Waals surface area contributed by atoms with Crippen molar-refractivity contribution in [1.29, 1.82) is 0 Å². The number of likely N-dealkylation sites (N-methyl/N-ethyl adjacent to an activating group) is 1. The zero-order valence-corrected chi connectivity index (χ0v) is 21.4. The molecule has 29 heavy (non-hydrogen) atoms. The summed E-state index contributed by atoms with van der Waals surface area (Å²) in [6.07, 6.45) is 2.03. The van der Waals surface area contributed by atoms with Crippen LogP contribution in [0.25, 0.3) is 0 Å². The molecule has 1 unspecified atom stereocenters. The van der Waals surface area contributed by atoms with E-state index in [2.05, 4.69) is 39.3 Å². The quantitative estimate of drug-likeness (QED) is 0.288. The number of piperazine rings is 1. The standard InChI is InChI=1S/C21H36FN5S.HI/c1-5-26-8-10-27(11-9-26)15-17(2)13-24-21(23-3)25-14-18-6-7-20(22)12-19(18)16-28-4;/h6-7,12,17H,5,8-11,13-16H2,1-4H3,(H2,23,24,25);1H. The molecule has 1 atom stereocenters. The highest BCUT2D eigenvalue weighted by Crippen LogP contribution is 2.16. The van der Waals surface area contributed by atoms with Crippen molar-refractivity contribution in [2.75, 3.05) is 59.1 Å². The molecule has 2 rings (SSSR count). The molecule has 0 radical (unpaired) electrons. The first-order valence-electron chi connectivity index (χ1n) is 10.2. The summed E-state index contributed by atoms with van der Waals surface area (Å²) in [6, 6.07) is 5.02. The highest BCUT2D eigenvalue weighted by molar-refractivity contribution is 14.0. The van der Waals surface area contributed by atoms with Crippen LogP contribution in [-0.2, 0) is 12.3 Å². The van der Waals surface area contributed by atoms with Crippen LogP contribution in [0.15, 0.2) is 23.2 Å². The van der Waals surface area contributed by atoms with Crippen molar-refractivity contribution in [3.8, 4) is 0 Å². The third kappa shape index (κ3) is 9.40. The maximum Gasteiger partial charge on any atom is 0.191 e. The van der Waals surface area contributed by atoms with Crippen LogP contribution in [-0.4, -0.2) is 74.9 Å². The lowest BCUT2D eigenvalue weighted by molar-refractivity contribution is 0.124. The molecule has 8 heteroatoms. The average Bonchev–Trinajstić information content (AvgIpc) is 2.70. The normalized spacial score (nSPS) is 16.9. The molecule has 5 nitrogen and oxygen atoms in total. The van der Waals surface area contributed by atoms with Gasteiger partial charge in [0, 0.05) is 58.6 Å². The maximum absolute atomic E-state index is 13.5. The average molecular weight is 538 g/mol. The fourth-order valence-corrected chi connectivity index (χ4v) is 4.10. The van der Waals surface area contributed by atoms with Gasteiger partial charge in [-0.05, 0) is 42.0 Å². The van der Waals surface area contributed by atoms with Crippen LogP contribution in [0.2, 0.25) is 0 Å². The number of aliphatic imine (C=N–C) groups is 1. The Hall–Kier alpha value is -0.580. The SMILES string of the molecule is CCN1CCN(CC(C)CNC(=NC)NCc2ccc(F)cc2CSC)CC1.I. The molecule has 0 spiro atoms. The highest BCUT2D eigenvalue weighted by Gasteiger charge is 2.17. The molecule has 1 aliphatic rings. The molecular weight excluding hydrogens is 500 g/mol. The number of benzene rings is 1. The van der Waals surface area contributed by atoms with Crippen LogP contribution < -0.4 is 10.6 Å². The van der Waals surface area contributed by atoms with Gasteiger partial charge < -0.3 is 20.4 Å². The van der Waals surface area contributed by atoms with Gasteiger partial charge in [0.1, 0.15) is 5.82 Å². The number of guanidine groups is 1. The Morgan fingerprint density at radius 3 is 2.48 bits per heavy atom. The molecule has 166 valence electrons. The van der Waals surface area contributed by atoms with Gasteiger partial charge in [-0.1, -0.05) is 19.9 Å². The molecule has 1 aromatic rings. The number of halogens is 2. The lowest BCUT2D eigenvalue weighted by Crippen LogP contribution is -2.48. The summed E-state index contributed by atoms with van der Waals surface area (Å²) in [7, 11) is 1.79. The van der Waals surface area contributed by atoms with E-state index in [0.717, 1.165) is 55.6 Å². The lowest BCUT2D eigenvalue weighted by atomic mass is 10.1. The molecule has 0 aromatic heterocycles. The molecule has 2 N–H and O–H groups in total. The summed E-state index contributed by atoms with van der Waals surface area (Å²) in [5.41, 5.74) is 2.15. The molecule has 0 saturated carbocycles. The lowest BCUT2D eigenvalue weighted by Gasteiger charge is -2.35. The van der Waals surface area contributed by atoms with Crippen LogP contribution in [0.3, 0.4) is 0 Å². The van der Waals surface area contributed by atoms with Crippen LogP contribution in [0.5, 0.6) is 0 Å². The number of thioether (sulfide) groups is 1. The van der Waals surface area contributed by atoms with Crippen molar-refractivity contribution in [2.24, 2.45) is 10.9 Å². The third-order valence-corrected chi connectivity index (χ3v) is 5.84. The van der Waals surface area contributed by atoms with Crippen molar-refractivity contribution in [1.82, 2.24) is 20.4 Å². The fraction of sp³-hybridized carbons (Fsp3) is 0.667. The third-order valence-electron chi connectivity index (χ3n) is 5.24. The molecule has 1 aliphatic heterocycles.